The van der Waals surface area contributed by atoms with Crippen LogP contribution < -0.4 is 5.32 Å². The number of rotatable bonds is 2. The van der Waals surface area contributed by atoms with E-state index in [0.29, 0.717) is 0 Å². The zero-order chi connectivity index (χ0) is 12.5. The Bertz CT molecular complexity index is 498. The summed E-state index contributed by atoms with van der Waals surface area (Å²) in [6.45, 7) is 6.48. The van der Waals surface area contributed by atoms with Crippen LogP contribution in [0.1, 0.15) is 26.5 Å². The van der Waals surface area contributed by atoms with Crippen LogP contribution in [0.5, 0.6) is 0 Å². The van der Waals surface area contributed by atoms with E-state index < -0.39 is 0 Å². The molecule has 0 fully saturated rings. The molecule has 0 bridgehead atoms. The van der Waals surface area contributed by atoms with Gasteiger partial charge in [0.15, 0.2) is 5.82 Å². The highest BCUT2D eigenvalue weighted by atomic mass is 32.1. The topological polar surface area (TPSA) is 37.8 Å². The molecule has 0 amide bonds. The second-order valence-electron chi connectivity index (χ2n) is 4.94. The Morgan fingerprint density at radius 3 is 2.53 bits per heavy atom. The number of nitrogens with zero attached hydrogens (tertiary/aromatic N) is 2. The molecular formula is C13H17N3S. The molecule has 0 spiro atoms. The van der Waals surface area contributed by atoms with Crippen LogP contribution in [0.4, 0.5) is 5.82 Å². The molecule has 0 saturated carbocycles. The van der Waals surface area contributed by atoms with Gasteiger partial charge >= 0.3 is 0 Å². The lowest BCUT2D eigenvalue weighted by Gasteiger charge is -2.19. The van der Waals surface area contributed by atoms with Gasteiger partial charge in [-0.2, -0.15) is 0 Å². The molecule has 0 radical (unpaired) electrons. The largest absolute Gasteiger partial charge is 0.373 e. The van der Waals surface area contributed by atoms with E-state index in [1.54, 1.807) is 11.3 Å². The Morgan fingerprint density at radius 1 is 1.24 bits per heavy atom. The Kier molecular flexibility index (Phi) is 3.15. The third kappa shape index (κ3) is 2.64. The molecule has 0 aliphatic rings. The van der Waals surface area contributed by atoms with Crippen molar-refractivity contribution in [1.29, 1.82) is 0 Å². The van der Waals surface area contributed by atoms with Crippen molar-refractivity contribution in [3.8, 4) is 10.7 Å². The van der Waals surface area contributed by atoms with Gasteiger partial charge in [-0.3, -0.25) is 0 Å². The fourth-order valence-corrected chi connectivity index (χ4v) is 2.13. The van der Waals surface area contributed by atoms with Gasteiger partial charge in [-0.05, 0) is 11.4 Å². The maximum Gasteiger partial charge on any atom is 0.171 e. The summed E-state index contributed by atoms with van der Waals surface area (Å²) in [4.78, 5) is 10.3. The predicted octanol–water partition coefficient (Wildman–Crippen LogP) is 3.54. The van der Waals surface area contributed by atoms with Crippen LogP contribution in [0.25, 0.3) is 10.7 Å². The normalized spacial score (nSPS) is 11.5. The van der Waals surface area contributed by atoms with Gasteiger partial charge in [0.1, 0.15) is 5.82 Å². The van der Waals surface area contributed by atoms with Crippen molar-refractivity contribution < 1.29 is 0 Å². The van der Waals surface area contributed by atoms with E-state index in [2.05, 4.69) is 36.1 Å². The molecule has 2 aromatic heterocycles. The van der Waals surface area contributed by atoms with Crippen molar-refractivity contribution in [2.24, 2.45) is 0 Å². The summed E-state index contributed by atoms with van der Waals surface area (Å²) < 4.78 is 0. The van der Waals surface area contributed by atoms with Crippen LogP contribution in [-0.2, 0) is 5.41 Å². The SMILES string of the molecule is CNc1cc(C(C)(C)C)nc(-c2cccs2)n1. The molecule has 2 rings (SSSR count). The van der Waals surface area contributed by atoms with Crippen LogP contribution in [0.3, 0.4) is 0 Å². The minimum atomic E-state index is 0.0283. The quantitative estimate of drug-likeness (QED) is 0.882. The van der Waals surface area contributed by atoms with Gasteiger partial charge in [0.25, 0.3) is 0 Å². The monoisotopic (exact) mass is 247 g/mol. The average molecular weight is 247 g/mol. The third-order valence-electron chi connectivity index (χ3n) is 2.49. The van der Waals surface area contributed by atoms with E-state index in [1.807, 2.05) is 30.6 Å². The molecule has 0 aliphatic heterocycles. The van der Waals surface area contributed by atoms with Gasteiger partial charge in [-0.25, -0.2) is 9.97 Å². The number of anilines is 1. The molecule has 4 heteroatoms. The van der Waals surface area contributed by atoms with Gasteiger partial charge in [0.2, 0.25) is 0 Å². The first-order chi connectivity index (χ1) is 8.00. The molecule has 0 aliphatic carbocycles. The number of hydrogen-bond acceptors (Lipinski definition) is 4. The van der Waals surface area contributed by atoms with Crippen molar-refractivity contribution in [3.63, 3.8) is 0 Å². The summed E-state index contributed by atoms with van der Waals surface area (Å²) in [5.74, 6) is 1.67. The molecule has 0 aromatic carbocycles. The minimum absolute atomic E-state index is 0.0283. The molecule has 1 N–H and O–H groups in total. The first-order valence-electron chi connectivity index (χ1n) is 5.62. The molecule has 2 heterocycles. The lowest BCUT2D eigenvalue weighted by molar-refractivity contribution is 0.568. The zero-order valence-corrected chi connectivity index (χ0v) is 11.4. The zero-order valence-electron chi connectivity index (χ0n) is 10.6. The number of nitrogens with one attached hydrogen (secondary N) is 1. The van der Waals surface area contributed by atoms with E-state index in [0.717, 1.165) is 22.2 Å². The van der Waals surface area contributed by atoms with E-state index in [9.17, 15) is 0 Å². The second-order valence-corrected chi connectivity index (χ2v) is 5.89. The second kappa shape index (κ2) is 4.45. The average Bonchev–Trinajstić information content (AvgIpc) is 2.80. The summed E-state index contributed by atoms with van der Waals surface area (Å²) >= 11 is 1.66. The third-order valence-corrected chi connectivity index (χ3v) is 3.36. The highest BCUT2D eigenvalue weighted by molar-refractivity contribution is 7.13. The molecule has 0 atom stereocenters. The van der Waals surface area contributed by atoms with Gasteiger partial charge in [0, 0.05) is 18.5 Å². The number of aromatic nitrogens is 2. The standard InChI is InChI=1S/C13H17N3S/c1-13(2,3)10-8-11(14-4)16-12(15-10)9-6-5-7-17-9/h5-8H,1-4H3,(H,14,15,16). The van der Waals surface area contributed by atoms with Crippen molar-refractivity contribution in [2.45, 2.75) is 26.2 Å². The summed E-state index contributed by atoms with van der Waals surface area (Å²) in [5.41, 5.74) is 1.08. The summed E-state index contributed by atoms with van der Waals surface area (Å²) in [5, 5.41) is 5.14. The first-order valence-corrected chi connectivity index (χ1v) is 6.50. The summed E-state index contributed by atoms with van der Waals surface area (Å²) in [6, 6.07) is 6.08. The molecule has 90 valence electrons. The molecule has 3 nitrogen and oxygen atoms in total. The van der Waals surface area contributed by atoms with Gasteiger partial charge in [-0.15, -0.1) is 11.3 Å². The van der Waals surface area contributed by atoms with Gasteiger partial charge < -0.3 is 5.32 Å². The lowest BCUT2D eigenvalue weighted by atomic mass is 9.92. The molecule has 0 saturated heterocycles. The Morgan fingerprint density at radius 2 is 2.00 bits per heavy atom. The van der Waals surface area contributed by atoms with Crippen molar-refractivity contribution >= 4 is 17.2 Å². The Labute approximate surface area is 106 Å². The maximum absolute atomic E-state index is 4.65. The fraction of sp³-hybridized carbons (Fsp3) is 0.385. The van der Waals surface area contributed by atoms with Crippen molar-refractivity contribution in [1.82, 2.24) is 9.97 Å². The van der Waals surface area contributed by atoms with Crippen molar-refractivity contribution in [2.75, 3.05) is 12.4 Å². The van der Waals surface area contributed by atoms with Crippen molar-refractivity contribution in [3.05, 3.63) is 29.3 Å². The van der Waals surface area contributed by atoms with Crippen LogP contribution >= 0.6 is 11.3 Å². The van der Waals surface area contributed by atoms with E-state index in [-0.39, 0.29) is 5.41 Å². The van der Waals surface area contributed by atoms with E-state index in [4.69, 9.17) is 0 Å². The molecule has 0 unspecified atom stereocenters. The molecular weight excluding hydrogens is 230 g/mol. The Hall–Kier alpha value is -1.42. The van der Waals surface area contributed by atoms with Crippen LogP contribution in [0.15, 0.2) is 23.6 Å². The van der Waals surface area contributed by atoms with E-state index >= 15 is 0 Å². The lowest BCUT2D eigenvalue weighted by Crippen LogP contribution is -2.15. The minimum Gasteiger partial charge on any atom is -0.373 e. The molecule has 2 aromatic rings. The van der Waals surface area contributed by atoms with Gasteiger partial charge in [0.05, 0.1) is 10.6 Å². The number of thiophene rings is 1. The smallest absolute Gasteiger partial charge is 0.171 e. The van der Waals surface area contributed by atoms with Crippen LogP contribution in [0.2, 0.25) is 0 Å². The number of hydrogen-bond donors (Lipinski definition) is 1. The maximum atomic E-state index is 4.65. The van der Waals surface area contributed by atoms with Crippen LogP contribution in [-0.4, -0.2) is 17.0 Å². The predicted molar refractivity (Wildman–Crippen MR) is 73.6 cm³/mol. The van der Waals surface area contributed by atoms with Gasteiger partial charge in [-0.1, -0.05) is 26.8 Å². The highest BCUT2D eigenvalue weighted by Crippen LogP contribution is 2.27. The highest BCUT2D eigenvalue weighted by Gasteiger charge is 2.18. The fourth-order valence-electron chi connectivity index (χ4n) is 1.48. The van der Waals surface area contributed by atoms with E-state index in [1.165, 1.54) is 0 Å². The van der Waals surface area contributed by atoms with Crippen LogP contribution in [0, 0.1) is 0 Å². The Balaban J connectivity index is 2.54. The molecule has 17 heavy (non-hydrogen) atoms. The first kappa shape index (κ1) is 12.0. The summed E-state index contributed by atoms with van der Waals surface area (Å²) in [7, 11) is 1.88. The summed E-state index contributed by atoms with van der Waals surface area (Å²) in [6.07, 6.45) is 0.